The van der Waals surface area contributed by atoms with E-state index in [1.54, 1.807) is 18.3 Å². The first-order valence-electron chi connectivity index (χ1n) is 9.61. The predicted molar refractivity (Wildman–Crippen MR) is 101 cm³/mol. The quantitative estimate of drug-likeness (QED) is 0.761. The van der Waals surface area contributed by atoms with Gasteiger partial charge in [0.1, 0.15) is 12.7 Å². The Labute approximate surface area is 163 Å². The van der Waals surface area contributed by atoms with E-state index in [1.165, 1.54) is 0 Å². The van der Waals surface area contributed by atoms with Gasteiger partial charge in [-0.1, -0.05) is 18.2 Å². The summed E-state index contributed by atoms with van der Waals surface area (Å²) < 4.78 is 34.0. The predicted octanol–water partition coefficient (Wildman–Crippen LogP) is 3.81. The van der Waals surface area contributed by atoms with Crippen LogP contribution in [0, 0.1) is 16.7 Å². The SMILES string of the molecule is N#Cc1ccc(CC[C@@]2([C@H]3OCC3(F)F)CCN(Cc3cccnc3)C2)cc1. The highest BCUT2D eigenvalue weighted by molar-refractivity contribution is 5.31. The van der Waals surface area contributed by atoms with E-state index in [9.17, 15) is 8.78 Å². The zero-order valence-electron chi connectivity index (χ0n) is 15.7. The second-order valence-electron chi connectivity index (χ2n) is 7.95. The molecule has 0 spiro atoms. The fourth-order valence-electron chi connectivity index (χ4n) is 4.47. The number of hydrogen-bond acceptors (Lipinski definition) is 4. The van der Waals surface area contributed by atoms with Gasteiger partial charge in [0.25, 0.3) is 5.92 Å². The standard InChI is InChI=1S/C22H23F2N3O/c23-22(24)16-28-20(22)21(8-7-17-3-5-18(12-25)6-4-17)9-11-27(15-21)14-19-2-1-10-26-13-19/h1-6,10,13,20H,7-9,11,14-16H2/t20-,21-/m1/s1. The van der Waals surface area contributed by atoms with E-state index in [2.05, 4.69) is 16.0 Å². The topological polar surface area (TPSA) is 49.1 Å². The Morgan fingerprint density at radius 1 is 1.21 bits per heavy atom. The summed E-state index contributed by atoms with van der Waals surface area (Å²) in [4.78, 5) is 6.37. The van der Waals surface area contributed by atoms with Gasteiger partial charge in [0.05, 0.1) is 11.6 Å². The third-order valence-corrected chi connectivity index (χ3v) is 5.97. The molecule has 2 aliphatic rings. The molecule has 146 valence electrons. The number of aromatic nitrogens is 1. The van der Waals surface area contributed by atoms with Crippen molar-refractivity contribution in [3.05, 3.63) is 65.5 Å². The summed E-state index contributed by atoms with van der Waals surface area (Å²) in [6.07, 6.45) is 4.58. The van der Waals surface area contributed by atoms with Gasteiger partial charge in [-0.25, -0.2) is 8.78 Å². The molecule has 2 aliphatic heterocycles. The minimum absolute atomic E-state index is 0.473. The third kappa shape index (κ3) is 3.78. The summed E-state index contributed by atoms with van der Waals surface area (Å²) >= 11 is 0. The average molecular weight is 383 g/mol. The van der Waals surface area contributed by atoms with Gasteiger partial charge in [-0.15, -0.1) is 0 Å². The van der Waals surface area contributed by atoms with Crippen molar-refractivity contribution in [3.8, 4) is 6.07 Å². The van der Waals surface area contributed by atoms with Crippen molar-refractivity contribution in [1.82, 2.24) is 9.88 Å². The van der Waals surface area contributed by atoms with E-state index in [0.29, 0.717) is 37.9 Å². The molecule has 1 aromatic carbocycles. The Balaban J connectivity index is 1.48. The number of ether oxygens (including phenoxy) is 1. The van der Waals surface area contributed by atoms with Crippen molar-refractivity contribution >= 4 is 0 Å². The van der Waals surface area contributed by atoms with Gasteiger partial charge in [-0.2, -0.15) is 5.26 Å². The molecule has 2 atom stereocenters. The second-order valence-corrected chi connectivity index (χ2v) is 7.95. The third-order valence-electron chi connectivity index (χ3n) is 5.97. The first-order valence-corrected chi connectivity index (χ1v) is 9.61. The molecule has 0 N–H and O–H groups in total. The van der Waals surface area contributed by atoms with Gasteiger partial charge >= 0.3 is 0 Å². The van der Waals surface area contributed by atoms with Gasteiger partial charge in [-0.05, 0) is 55.1 Å². The lowest BCUT2D eigenvalue weighted by Gasteiger charge is -2.48. The number of aryl methyl sites for hydroxylation is 1. The molecule has 0 unspecified atom stereocenters. The maximum absolute atomic E-state index is 14.3. The Bertz CT molecular complexity index is 850. The summed E-state index contributed by atoms with van der Waals surface area (Å²) in [6.45, 7) is 1.61. The van der Waals surface area contributed by atoms with Crippen molar-refractivity contribution < 1.29 is 13.5 Å². The van der Waals surface area contributed by atoms with Crippen LogP contribution in [0.2, 0.25) is 0 Å². The smallest absolute Gasteiger partial charge is 0.297 e. The van der Waals surface area contributed by atoms with Crippen molar-refractivity contribution in [2.45, 2.75) is 37.8 Å². The summed E-state index contributed by atoms with van der Waals surface area (Å²) in [5, 5.41) is 8.93. The van der Waals surface area contributed by atoms with E-state index < -0.39 is 24.0 Å². The zero-order chi connectivity index (χ0) is 19.6. The number of benzene rings is 1. The molecule has 0 saturated carbocycles. The molecule has 2 aromatic rings. The van der Waals surface area contributed by atoms with E-state index in [1.807, 2.05) is 30.5 Å². The number of rotatable bonds is 6. The number of likely N-dealkylation sites (tertiary alicyclic amines) is 1. The zero-order valence-corrected chi connectivity index (χ0v) is 15.7. The van der Waals surface area contributed by atoms with Gasteiger partial charge in [0.2, 0.25) is 0 Å². The molecular weight excluding hydrogens is 360 g/mol. The molecule has 1 aromatic heterocycles. The highest BCUT2D eigenvalue weighted by Crippen LogP contribution is 2.50. The lowest BCUT2D eigenvalue weighted by Crippen LogP contribution is -2.61. The Hall–Kier alpha value is -2.36. The fraction of sp³-hybridized carbons (Fsp3) is 0.455. The number of pyridine rings is 1. The van der Waals surface area contributed by atoms with Gasteiger partial charge in [0, 0.05) is 30.9 Å². The number of nitrogens with zero attached hydrogens (tertiary/aromatic N) is 3. The molecule has 2 saturated heterocycles. The maximum Gasteiger partial charge on any atom is 0.297 e. The molecular formula is C22H23F2N3O. The summed E-state index contributed by atoms with van der Waals surface area (Å²) in [5.74, 6) is -2.75. The molecule has 28 heavy (non-hydrogen) atoms. The van der Waals surface area contributed by atoms with E-state index >= 15 is 0 Å². The lowest BCUT2D eigenvalue weighted by atomic mass is 9.72. The molecule has 6 heteroatoms. The Kier molecular flexibility index (Phi) is 5.13. The molecule has 4 rings (SSSR count). The van der Waals surface area contributed by atoms with E-state index in [-0.39, 0.29) is 0 Å². The van der Waals surface area contributed by atoms with Crippen molar-refractivity contribution in [1.29, 1.82) is 5.26 Å². The molecule has 4 nitrogen and oxygen atoms in total. The minimum atomic E-state index is -2.75. The van der Waals surface area contributed by atoms with E-state index in [0.717, 1.165) is 17.7 Å². The van der Waals surface area contributed by atoms with Crippen LogP contribution in [0.4, 0.5) is 8.78 Å². The summed E-state index contributed by atoms with van der Waals surface area (Å²) in [5.41, 5.74) is 2.20. The van der Waals surface area contributed by atoms with Gasteiger partial charge in [0.15, 0.2) is 0 Å². The van der Waals surface area contributed by atoms with Crippen LogP contribution in [0.5, 0.6) is 0 Å². The Morgan fingerprint density at radius 2 is 2.04 bits per heavy atom. The largest absolute Gasteiger partial charge is 0.365 e. The van der Waals surface area contributed by atoms with Crippen LogP contribution in [0.25, 0.3) is 0 Å². The Morgan fingerprint density at radius 3 is 2.64 bits per heavy atom. The van der Waals surface area contributed by atoms with Crippen LogP contribution >= 0.6 is 0 Å². The molecule has 0 aliphatic carbocycles. The van der Waals surface area contributed by atoms with Gasteiger partial charge in [-0.3, -0.25) is 9.88 Å². The fourth-order valence-corrected chi connectivity index (χ4v) is 4.47. The van der Waals surface area contributed by atoms with Crippen molar-refractivity contribution in [2.75, 3.05) is 19.7 Å². The molecule has 0 bridgehead atoms. The van der Waals surface area contributed by atoms with Crippen LogP contribution in [0.3, 0.4) is 0 Å². The molecule has 0 radical (unpaired) electrons. The minimum Gasteiger partial charge on any atom is -0.365 e. The first-order chi connectivity index (χ1) is 13.5. The molecule has 3 heterocycles. The number of hydrogen-bond donors (Lipinski definition) is 0. The maximum atomic E-state index is 14.3. The number of nitriles is 1. The monoisotopic (exact) mass is 383 g/mol. The van der Waals surface area contributed by atoms with Crippen LogP contribution in [-0.4, -0.2) is 41.6 Å². The van der Waals surface area contributed by atoms with Gasteiger partial charge < -0.3 is 4.74 Å². The number of alkyl halides is 2. The van der Waals surface area contributed by atoms with E-state index in [4.69, 9.17) is 10.00 Å². The highest BCUT2D eigenvalue weighted by Gasteiger charge is 2.61. The average Bonchev–Trinajstić information content (AvgIpc) is 3.10. The summed E-state index contributed by atoms with van der Waals surface area (Å²) in [6, 6.07) is 13.4. The molecule has 0 amide bonds. The molecule has 2 fully saturated rings. The van der Waals surface area contributed by atoms with Crippen LogP contribution in [-0.2, 0) is 17.7 Å². The summed E-state index contributed by atoms with van der Waals surface area (Å²) in [7, 11) is 0. The second kappa shape index (κ2) is 7.57. The lowest BCUT2D eigenvalue weighted by molar-refractivity contribution is -0.301. The highest BCUT2D eigenvalue weighted by atomic mass is 19.3. The van der Waals surface area contributed by atoms with Crippen molar-refractivity contribution in [3.63, 3.8) is 0 Å². The van der Waals surface area contributed by atoms with Crippen molar-refractivity contribution in [2.24, 2.45) is 5.41 Å². The normalized spacial score (nSPS) is 26.5. The number of halogens is 2. The first kappa shape index (κ1) is 19.0. The van der Waals surface area contributed by atoms with Crippen LogP contribution in [0.15, 0.2) is 48.8 Å². The van der Waals surface area contributed by atoms with Crippen LogP contribution < -0.4 is 0 Å². The van der Waals surface area contributed by atoms with Crippen LogP contribution in [0.1, 0.15) is 29.5 Å².